The predicted molar refractivity (Wildman–Crippen MR) is 58.6 cm³/mol. The Kier molecular flexibility index (Phi) is 5.14. The molecule has 1 saturated carbocycles. The molecule has 1 nitrogen and oxygen atoms in total. The summed E-state index contributed by atoms with van der Waals surface area (Å²) in [6, 6.07) is 0.362. The van der Waals surface area contributed by atoms with Crippen molar-refractivity contribution in [1.82, 2.24) is 0 Å². The van der Waals surface area contributed by atoms with Crippen LogP contribution in [0.25, 0.3) is 0 Å². The molecule has 0 aliphatic heterocycles. The Hall–Kier alpha value is -0.300. The molecule has 0 saturated heterocycles. The maximum absolute atomic E-state index is 5.99. The molecular formula is C12H23N. The summed E-state index contributed by atoms with van der Waals surface area (Å²) in [7, 11) is 0. The van der Waals surface area contributed by atoms with Gasteiger partial charge in [-0.1, -0.05) is 44.6 Å². The average Bonchev–Trinajstić information content (AvgIpc) is 2.33. The Bertz CT molecular complexity index is 134. The molecule has 1 aliphatic carbocycles. The minimum atomic E-state index is 0.362. The lowest BCUT2D eigenvalue weighted by atomic mass is 9.92. The Morgan fingerprint density at radius 2 is 1.85 bits per heavy atom. The van der Waals surface area contributed by atoms with E-state index in [1.807, 2.05) is 6.08 Å². The molecule has 1 heteroatoms. The largest absolute Gasteiger partial charge is 0.327 e. The summed E-state index contributed by atoms with van der Waals surface area (Å²) in [5.74, 6) is 0.900. The Labute approximate surface area is 82.4 Å². The maximum atomic E-state index is 5.99. The third-order valence-electron chi connectivity index (χ3n) is 3.08. The van der Waals surface area contributed by atoms with Crippen LogP contribution in [0.2, 0.25) is 0 Å². The zero-order chi connectivity index (χ0) is 9.52. The summed E-state index contributed by atoms with van der Waals surface area (Å²) in [5.41, 5.74) is 5.99. The highest BCUT2D eigenvalue weighted by molar-refractivity contribution is 4.78. The molecule has 13 heavy (non-hydrogen) atoms. The van der Waals surface area contributed by atoms with Gasteiger partial charge in [-0.05, 0) is 18.8 Å². The molecule has 1 rings (SSSR count). The van der Waals surface area contributed by atoms with Gasteiger partial charge in [0.25, 0.3) is 0 Å². The van der Waals surface area contributed by atoms with Gasteiger partial charge in [0, 0.05) is 6.04 Å². The Balaban J connectivity index is 2.20. The summed E-state index contributed by atoms with van der Waals surface area (Å²) < 4.78 is 0. The second-order valence-electron chi connectivity index (χ2n) is 4.38. The first kappa shape index (κ1) is 10.8. The van der Waals surface area contributed by atoms with E-state index in [2.05, 4.69) is 6.58 Å². The van der Waals surface area contributed by atoms with Crippen molar-refractivity contribution < 1.29 is 0 Å². The standard InChI is InChI=1S/C12H23N/c1-2-7-12(13)10-11-8-5-3-4-6-9-11/h2,11-12H,1,3-10,13H2. The van der Waals surface area contributed by atoms with Crippen molar-refractivity contribution in [2.24, 2.45) is 11.7 Å². The normalized spacial score (nSPS) is 22.2. The van der Waals surface area contributed by atoms with Gasteiger partial charge in [0.05, 0.1) is 0 Å². The van der Waals surface area contributed by atoms with Crippen LogP contribution in [0.15, 0.2) is 12.7 Å². The predicted octanol–water partition coefficient (Wildman–Crippen LogP) is 3.25. The molecule has 1 atom stereocenters. The monoisotopic (exact) mass is 181 g/mol. The van der Waals surface area contributed by atoms with E-state index in [0.717, 1.165) is 12.3 Å². The fourth-order valence-corrected chi connectivity index (χ4v) is 2.34. The number of nitrogens with two attached hydrogens (primary N) is 1. The first-order chi connectivity index (χ1) is 6.33. The lowest BCUT2D eigenvalue weighted by Crippen LogP contribution is -2.22. The van der Waals surface area contributed by atoms with Crippen LogP contribution in [0.4, 0.5) is 0 Å². The minimum Gasteiger partial charge on any atom is -0.327 e. The second-order valence-corrected chi connectivity index (χ2v) is 4.38. The van der Waals surface area contributed by atoms with Crippen LogP contribution in [0.1, 0.15) is 51.4 Å². The van der Waals surface area contributed by atoms with Crippen LogP contribution in [0.5, 0.6) is 0 Å². The van der Waals surface area contributed by atoms with Crippen LogP contribution >= 0.6 is 0 Å². The lowest BCUT2D eigenvalue weighted by molar-refractivity contribution is 0.389. The molecule has 1 fully saturated rings. The summed E-state index contributed by atoms with van der Waals surface area (Å²) in [6.45, 7) is 3.73. The van der Waals surface area contributed by atoms with E-state index in [1.54, 1.807) is 0 Å². The molecule has 76 valence electrons. The van der Waals surface area contributed by atoms with Crippen molar-refractivity contribution in [1.29, 1.82) is 0 Å². The molecular weight excluding hydrogens is 158 g/mol. The van der Waals surface area contributed by atoms with Gasteiger partial charge in [-0.2, -0.15) is 0 Å². The molecule has 0 amide bonds. The summed E-state index contributed by atoms with van der Waals surface area (Å²) in [6.07, 6.45) is 12.7. The topological polar surface area (TPSA) is 26.0 Å². The van der Waals surface area contributed by atoms with Crippen molar-refractivity contribution >= 4 is 0 Å². The molecule has 0 aromatic carbocycles. The fraction of sp³-hybridized carbons (Fsp3) is 0.833. The number of rotatable bonds is 4. The molecule has 0 aromatic rings. The van der Waals surface area contributed by atoms with E-state index in [-0.39, 0.29) is 0 Å². The van der Waals surface area contributed by atoms with E-state index in [9.17, 15) is 0 Å². The zero-order valence-corrected chi connectivity index (χ0v) is 8.67. The van der Waals surface area contributed by atoms with Gasteiger partial charge in [0.2, 0.25) is 0 Å². The number of hydrogen-bond acceptors (Lipinski definition) is 1. The van der Waals surface area contributed by atoms with Crippen LogP contribution in [-0.4, -0.2) is 6.04 Å². The van der Waals surface area contributed by atoms with Crippen LogP contribution in [0.3, 0.4) is 0 Å². The summed E-state index contributed by atoms with van der Waals surface area (Å²) in [4.78, 5) is 0. The summed E-state index contributed by atoms with van der Waals surface area (Å²) >= 11 is 0. The summed E-state index contributed by atoms with van der Waals surface area (Å²) in [5, 5.41) is 0. The highest BCUT2D eigenvalue weighted by atomic mass is 14.6. The first-order valence-electron chi connectivity index (χ1n) is 5.69. The van der Waals surface area contributed by atoms with Gasteiger partial charge >= 0.3 is 0 Å². The van der Waals surface area contributed by atoms with E-state index < -0.39 is 0 Å². The highest BCUT2D eigenvalue weighted by Crippen LogP contribution is 2.26. The third-order valence-corrected chi connectivity index (χ3v) is 3.08. The molecule has 2 N–H and O–H groups in total. The second kappa shape index (κ2) is 6.20. The SMILES string of the molecule is C=CCC(N)CC1CCCCCC1. The van der Waals surface area contributed by atoms with Gasteiger partial charge < -0.3 is 5.73 Å². The quantitative estimate of drug-likeness (QED) is 0.523. The van der Waals surface area contributed by atoms with Crippen LogP contribution in [0, 0.1) is 5.92 Å². The molecule has 0 heterocycles. The van der Waals surface area contributed by atoms with Gasteiger partial charge in [-0.15, -0.1) is 6.58 Å². The van der Waals surface area contributed by atoms with Gasteiger partial charge in [-0.25, -0.2) is 0 Å². The van der Waals surface area contributed by atoms with Crippen LogP contribution in [-0.2, 0) is 0 Å². The minimum absolute atomic E-state index is 0.362. The fourth-order valence-electron chi connectivity index (χ4n) is 2.34. The van der Waals surface area contributed by atoms with Gasteiger partial charge in [0.1, 0.15) is 0 Å². The van der Waals surface area contributed by atoms with Crippen LogP contribution < -0.4 is 5.73 Å². The molecule has 0 bridgehead atoms. The lowest BCUT2D eigenvalue weighted by Gasteiger charge is -2.17. The van der Waals surface area contributed by atoms with Crippen molar-refractivity contribution in [3.63, 3.8) is 0 Å². The molecule has 0 aromatic heterocycles. The van der Waals surface area contributed by atoms with Gasteiger partial charge in [0.15, 0.2) is 0 Å². The number of hydrogen-bond donors (Lipinski definition) is 1. The molecule has 0 radical (unpaired) electrons. The van der Waals surface area contributed by atoms with E-state index in [0.29, 0.717) is 6.04 Å². The van der Waals surface area contributed by atoms with E-state index >= 15 is 0 Å². The smallest absolute Gasteiger partial charge is 0.00759 e. The molecule has 1 unspecified atom stereocenters. The van der Waals surface area contributed by atoms with Crippen molar-refractivity contribution in [3.8, 4) is 0 Å². The first-order valence-corrected chi connectivity index (χ1v) is 5.69. The Morgan fingerprint density at radius 1 is 1.23 bits per heavy atom. The Morgan fingerprint density at radius 3 is 2.38 bits per heavy atom. The van der Waals surface area contributed by atoms with E-state index in [1.165, 1.54) is 44.9 Å². The maximum Gasteiger partial charge on any atom is 0.00759 e. The average molecular weight is 181 g/mol. The van der Waals surface area contributed by atoms with Gasteiger partial charge in [-0.3, -0.25) is 0 Å². The third kappa shape index (κ3) is 4.47. The highest BCUT2D eigenvalue weighted by Gasteiger charge is 2.14. The molecule has 1 aliphatic rings. The van der Waals surface area contributed by atoms with Crippen molar-refractivity contribution in [2.75, 3.05) is 0 Å². The molecule has 0 spiro atoms. The zero-order valence-electron chi connectivity index (χ0n) is 8.67. The van der Waals surface area contributed by atoms with Crippen molar-refractivity contribution in [3.05, 3.63) is 12.7 Å². The van der Waals surface area contributed by atoms with E-state index in [4.69, 9.17) is 5.73 Å². The van der Waals surface area contributed by atoms with Crippen molar-refractivity contribution in [2.45, 2.75) is 57.4 Å².